The van der Waals surface area contributed by atoms with E-state index in [1.165, 1.54) is 38.2 Å². The van der Waals surface area contributed by atoms with E-state index in [4.69, 9.17) is 4.84 Å². The van der Waals surface area contributed by atoms with Crippen molar-refractivity contribution < 1.29 is 14.4 Å². The van der Waals surface area contributed by atoms with Gasteiger partial charge in [-0.1, -0.05) is 24.6 Å². The number of nitrogens with zero attached hydrogens (tertiary/aromatic N) is 1. The van der Waals surface area contributed by atoms with Gasteiger partial charge in [0.15, 0.2) is 5.78 Å². The summed E-state index contributed by atoms with van der Waals surface area (Å²) < 4.78 is 0. The van der Waals surface area contributed by atoms with Gasteiger partial charge in [-0.25, -0.2) is 4.79 Å². The third-order valence-electron chi connectivity index (χ3n) is 8.78. The standard InChI is InChI=1S/C23H33NO3/c1-14(24-27-15(2)25)19-7-8-20-18-6-5-16-13-17(26)9-11-22(16,3)21(18)10-12-23(19,20)4/h13,18-21H,5-12H2,1-4H3/t18-,19+,20-,21-,22-,23+/m0/s1. The summed E-state index contributed by atoms with van der Waals surface area (Å²) in [7, 11) is 0. The first-order chi connectivity index (χ1) is 12.8. The molecule has 4 heteroatoms. The number of hydrogen-bond acceptors (Lipinski definition) is 4. The molecule has 0 radical (unpaired) electrons. The van der Waals surface area contributed by atoms with Crippen LogP contribution in [0.25, 0.3) is 0 Å². The van der Waals surface area contributed by atoms with Gasteiger partial charge in [-0.15, -0.1) is 0 Å². The van der Waals surface area contributed by atoms with E-state index >= 15 is 0 Å². The molecule has 0 unspecified atom stereocenters. The minimum absolute atomic E-state index is 0.233. The summed E-state index contributed by atoms with van der Waals surface area (Å²) in [4.78, 5) is 28.1. The molecule has 4 aliphatic carbocycles. The molecule has 0 saturated heterocycles. The highest BCUT2D eigenvalue weighted by molar-refractivity contribution is 5.91. The molecule has 4 nitrogen and oxygen atoms in total. The number of fused-ring (bicyclic) bond motifs is 5. The van der Waals surface area contributed by atoms with Gasteiger partial charge in [-0.3, -0.25) is 4.79 Å². The molecule has 0 aromatic carbocycles. The smallest absolute Gasteiger partial charge is 0.319 e. The van der Waals surface area contributed by atoms with Crippen molar-refractivity contribution in [3.8, 4) is 0 Å². The second kappa shape index (κ2) is 6.56. The van der Waals surface area contributed by atoms with Crippen molar-refractivity contribution in [3.05, 3.63) is 11.6 Å². The largest absolute Gasteiger partial charge is 0.331 e. The number of rotatable bonds is 2. The Morgan fingerprint density at radius 3 is 2.59 bits per heavy atom. The normalized spacial score (nSPS) is 44.1. The highest BCUT2D eigenvalue weighted by atomic mass is 16.7. The number of ketones is 1. The van der Waals surface area contributed by atoms with Gasteiger partial charge in [0.1, 0.15) is 0 Å². The summed E-state index contributed by atoms with van der Waals surface area (Å²) >= 11 is 0. The highest BCUT2D eigenvalue weighted by Gasteiger charge is 2.59. The van der Waals surface area contributed by atoms with Crippen LogP contribution in [0.3, 0.4) is 0 Å². The van der Waals surface area contributed by atoms with Crippen LogP contribution >= 0.6 is 0 Å². The zero-order valence-corrected chi connectivity index (χ0v) is 17.2. The van der Waals surface area contributed by atoms with Crippen LogP contribution in [0, 0.1) is 34.5 Å². The topological polar surface area (TPSA) is 55.7 Å². The maximum absolute atomic E-state index is 12.0. The van der Waals surface area contributed by atoms with Crippen molar-refractivity contribution in [1.29, 1.82) is 0 Å². The Balaban J connectivity index is 1.59. The average Bonchev–Trinajstić information content (AvgIpc) is 2.97. The molecule has 0 aromatic heterocycles. The second-order valence-electron chi connectivity index (χ2n) is 9.96. The quantitative estimate of drug-likeness (QED) is 0.387. The minimum Gasteiger partial charge on any atom is -0.319 e. The molecule has 0 bridgehead atoms. The first-order valence-corrected chi connectivity index (χ1v) is 10.7. The van der Waals surface area contributed by atoms with E-state index in [2.05, 4.69) is 19.0 Å². The van der Waals surface area contributed by atoms with Crippen LogP contribution < -0.4 is 0 Å². The van der Waals surface area contributed by atoms with Crippen LogP contribution in [-0.4, -0.2) is 17.5 Å². The highest BCUT2D eigenvalue weighted by Crippen LogP contribution is 2.66. The molecule has 0 amide bonds. The van der Waals surface area contributed by atoms with Crippen LogP contribution in [-0.2, 0) is 14.4 Å². The maximum Gasteiger partial charge on any atom is 0.331 e. The molecule has 4 aliphatic rings. The van der Waals surface area contributed by atoms with E-state index in [9.17, 15) is 9.59 Å². The predicted octanol–water partition coefficient (Wildman–Crippen LogP) is 5.07. The van der Waals surface area contributed by atoms with Gasteiger partial charge >= 0.3 is 5.97 Å². The lowest BCUT2D eigenvalue weighted by Gasteiger charge is -2.58. The molecule has 0 aromatic rings. The van der Waals surface area contributed by atoms with Crippen molar-refractivity contribution in [3.63, 3.8) is 0 Å². The van der Waals surface area contributed by atoms with E-state index in [1.807, 2.05) is 13.0 Å². The zero-order valence-electron chi connectivity index (χ0n) is 17.2. The second-order valence-corrected chi connectivity index (χ2v) is 9.96. The summed E-state index contributed by atoms with van der Waals surface area (Å²) in [5.74, 6) is 2.60. The van der Waals surface area contributed by atoms with Gasteiger partial charge in [-0.2, -0.15) is 0 Å². The van der Waals surface area contributed by atoms with Crippen molar-refractivity contribution in [1.82, 2.24) is 0 Å². The number of carbonyl (C=O) groups excluding carboxylic acids is 2. The number of hydrogen-bond donors (Lipinski definition) is 0. The number of oxime groups is 1. The van der Waals surface area contributed by atoms with Crippen molar-refractivity contribution in [2.75, 3.05) is 0 Å². The molecule has 3 saturated carbocycles. The SMILES string of the molecule is CC(=O)ON=C(C)[C@H]1CC[C@H]2[C@@H]3CCC4=CC(=O)CC[C@]4(C)[C@H]3CC[C@]12C. The lowest BCUT2D eigenvalue weighted by molar-refractivity contribution is -0.141. The Labute approximate surface area is 162 Å². The van der Waals surface area contributed by atoms with E-state index in [0.717, 1.165) is 43.2 Å². The lowest BCUT2D eigenvalue weighted by atomic mass is 9.46. The maximum atomic E-state index is 12.0. The van der Waals surface area contributed by atoms with Crippen LogP contribution in [0.1, 0.15) is 79.1 Å². The van der Waals surface area contributed by atoms with Gasteiger partial charge < -0.3 is 4.84 Å². The molecule has 6 atom stereocenters. The van der Waals surface area contributed by atoms with Gasteiger partial charge in [0, 0.05) is 19.3 Å². The molecule has 0 aliphatic heterocycles. The van der Waals surface area contributed by atoms with Crippen LogP contribution in [0.2, 0.25) is 0 Å². The van der Waals surface area contributed by atoms with Crippen LogP contribution in [0.5, 0.6) is 0 Å². The Morgan fingerprint density at radius 1 is 1.07 bits per heavy atom. The predicted molar refractivity (Wildman–Crippen MR) is 105 cm³/mol. The molecule has 27 heavy (non-hydrogen) atoms. The molecule has 0 spiro atoms. The zero-order chi connectivity index (χ0) is 19.4. The Morgan fingerprint density at radius 2 is 1.85 bits per heavy atom. The molecular formula is C23H33NO3. The fourth-order valence-electron chi connectivity index (χ4n) is 7.45. The van der Waals surface area contributed by atoms with Gasteiger partial charge in [0.05, 0.1) is 5.71 Å². The molecule has 4 rings (SSSR count). The fourth-order valence-corrected chi connectivity index (χ4v) is 7.45. The Bertz CT molecular complexity index is 723. The molecule has 0 N–H and O–H groups in total. The minimum atomic E-state index is -0.343. The molecule has 148 valence electrons. The van der Waals surface area contributed by atoms with Gasteiger partial charge in [0.25, 0.3) is 0 Å². The fraction of sp³-hybridized carbons (Fsp3) is 0.783. The molecule has 0 heterocycles. The summed E-state index contributed by atoms with van der Waals surface area (Å²) in [6.07, 6.45) is 10.9. The summed E-state index contributed by atoms with van der Waals surface area (Å²) in [5.41, 5.74) is 2.92. The molecule has 3 fully saturated rings. The van der Waals surface area contributed by atoms with E-state index in [-0.39, 0.29) is 16.8 Å². The van der Waals surface area contributed by atoms with Crippen LogP contribution in [0.4, 0.5) is 0 Å². The number of carbonyl (C=O) groups is 2. The summed E-state index contributed by atoms with van der Waals surface area (Å²) in [6, 6.07) is 0. The van der Waals surface area contributed by atoms with Crippen molar-refractivity contribution in [2.45, 2.75) is 79.1 Å². The van der Waals surface area contributed by atoms with Crippen LogP contribution in [0.15, 0.2) is 16.8 Å². The molecular weight excluding hydrogens is 338 g/mol. The third kappa shape index (κ3) is 2.91. The van der Waals surface area contributed by atoms with E-state index < -0.39 is 0 Å². The average molecular weight is 372 g/mol. The monoisotopic (exact) mass is 371 g/mol. The first-order valence-electron chi connectivity index (χ1n) is 10.7. The lowest BCUT2D eigenvalue weighted by Crippen LogP contribution is -2.51. The van der Waals surface area contributed by atoms with Crippen molar-refractivity contribution in [2.24, 2.45) is 39.7 Å². The van der Waals surface area contributed by atoms with Crippen molar-refractivity contribution >= 4 is 17.5 Å². The van der Waals surface area contributed by atoms with E-state index in [1.54, 1.807) is 0 Å². The number of allylic oxidation sites excluding steroid dienone is 1. The first kappa shape index (κ1) is 18.9. The van der Waals surface area contributed by atoms with Gasteiger partial charge in [-0.05, 0) is 86.5 Å². The Hall–Kier alpha value is -1.45. The van der Waals surface area contributed by atoms with Gasteiger partial charge in [0.2, 0.25) is 0 Å². The summed E-state index contributed by atoms with van der Waals surface area (Å²) in [6.45, 7) is 8.33. The summed E-state index contributed by atoms with van der Waals surface area (Å²) in [5, 5.41) is 4.15. The van der Waals surface area contributed by atoms with E-state index in [0.29, 0.717) is 17.6 Å². The Kier molecular flexibility index (Phi) is 4.59. The third-order valence-corrected chi connectivity index (χ3v) is 8.78.